The van der Waals surface area contributed by atoms with Gasteiger partial charge < -0.3 is 10.8 Å². The number of thiazole rings is 1. The first kappa shape index (κ1) is 13.1. The molecule has 0 spiro atoms. The van der Waals surface area contributed by atoms with E-state index in [1.807, 2.05) is 24.3 Å². The number of aliphatic carboxylic acids is 1. The summed E-state index contributed by atoms with van der Waals surface area (Å²) in [5, 5.41) is 9.44. The van der Waals surface area contributed by atoms with Crippen molar-refractivity contribution in [3.63, 3.8) is 0 Å². The fraction of sp³-hybridized carbons (Fsp3) is 0.200. The van der Waals surface area contributed by atoms with Crippen LogP contribution in [0.4, 0.5) is 0 Å². The van der Waals surface area contributed by atoms with E-state index in [9.17, 15) is 4.79 Å². The number of rotatable bonds is 3. The molecule has 0 aliphatic carbocycles. The van der Waals surface area contributed by atoms with Crippen molar-refractivity contribution in [1.82, 2.24) is 4.98 Å². The van der Waals surface area contributed by atoms with E-state index in [0.717, 1.165) is 15.2 Å². The number of halogens is 1. The molecule has 1 heterocycles. The maximum Gasteiger partial charge on any atom is 0.320 e. The second-order valence-corrected chi connectivity index (χ2v) is 4.34. The van der Waals surface area contributed by atoms with E-state index in [0.29, 0.717) is 0 Å². The van der Waals surface area contributed by atoms with Gasteiger partial charge in [0.15, 0.2) is 0 Å². The molecule has 0 saturated heterocycles. The summed E-state index contributed by atoms with van der Waals surface area (Å²) < 4.78 is 1.06. The van der Waals surface area contributed by atoms with Gasteiger partial charge in [-0.05, 0) is 12.1 Å². The molecule has 1 unspecified atom stereocenters. The Hall–Kier alpha value is -0.980. The number of nitrogens with zero attached hydrogens (tertiary/aromatic N) is 1. The normalized spacial score (nSPS) is 12.1. The minimum absolute atomic E-state index is 0. The van der Waals surface area contributed by atoms with Crippen molar-refractivity contribution in [2.75, 3.05) is 0 Å². The molecule has 0 aliphatic heterocycles. The van der Waals surface area contributed by atoms with Crippen LogP contribution >= 0.6 is 28.3 Å². The van der Waals surface area contributed by atoms with Gasteiger partial charge in [0.25, 0.3) is 0 Å². The Kier molecular flexibility index (Phi) is 4.40. The Balaban J connectivity index is 0.00000128. The number of benzene rings is 1. The van der Waals surface area contributed by atoms with Crippen molar-refractivity contribution in [3.8, 4) is 0 Å². The number of carboxylic acid groups (broad SMARTS) is 1. The number of fused-ring (bicyclic) bond motifs is 1. The first-order valence-corrected chi connectivity index (χ1v) is 5.31. The van der Waals surface area contributed by atoms with E-state index in [1.165, 1.54) is 11.3 Å². The topological polar surface area (TPSA) is 76.2 Å². The van der Waals surface area contributed by atoms with Crippen LogP contribution in [0.5, 0.6) is 0 Å². The zero-order chi connectivity index (χ0) is 10.8. The Morgan fingerprint density at radius 1 is 1.50 bits per heavy atom. The molecule has 0 radical (unpaired) electrons. The fourth-order valence-electron chi connectivity index (χ4n) is 1.28. The second kappa shape index (κ2) is 5.38. The fourth-order valence-corrected chi connectivity index (χ4v) is 2.31. The van der Waals surface area contributed by atoms with Crippen LogP contribution in [-0.4, -0.2) is 22.1 Å². The summed E-state index contributed by atoms with van der Waals surface area (Å²) in [6.45, 7) is 0. The monoisotopic (exact) mass is 302 g/mol. The van der Waals surface area contributed by atoms with Crippen LogP contribution in [0, 0.1) is 0 Å². The third-order valence-corrected chi connectivity index (χ3v) is 3.11. The lowest BCUT2D eigenvalue weighted by atomic mass is 10.2. The van der Waals surface area contributed by atoms with Gasteiger partial charge in [0.2, 0.25) is 0 Å². The van der Waals surface area contributed by atoms with Gasteiger partial charge in [-0.15, -0.1) is 28.3 Å². The Labute approximate surface area is 107 Å². The number of para-hydroxylation sites is 1. The van der Waals surface area contributed by atoms with Crippen molar-refractivity contribution in [2.24, 2.45) is 5.73 Å². The number of carboxylic acids is 1. The average molecular weight is 303 g/mol. The Morgan fingerprint density at radius 3 is 2.81 bits per heavy atom. The molecule has 2 aromatic rings. The summed E-state index contributed by atoms with van der Waals surface area (Å²) in [5.74, 6) is -0.991. The van der Waals surface area contributed by atoms with E-state index in [2.05, 4.69) is 4.98 Å². The highest BCUT2D eigenvalue weighted by Crippen LogP contribution is 2.22. The molecule has 0 bridgehead atoms. The molecule has 1 aromatic carbocycles. The molecule has 6 heteroatoms. The van der Waals surface area contributed by atoms with Crippen LogP contribution in [0.2, 0.25) is 0 Å². The Morgan fingerprint density at radius 2 is 2.19 bits per heavy atom. The van der Waals surface area contributed by atoms with Gasteiger partial charge in [-0.1, -0.05) is 12.1 Å². The van der Waals surface area contributed by atoms with Crippen LogP contribution in [0.25, 0.3) is 10.2 Å². The molecule has 0 amide bonds. The number of hydrogen-bond donors (Lipinski definition) is 2. The van der Waals surface area contributed by atoms with Gasteiger partial charge >= 0.3 is 5.97 Å². The van der Waals surface area contributed by atoms with Crippen LogP contribution in [0.3, 0.4) is 0 Å². The van der Waals surface area contributed by atoms with Gasteiger partial charge in [-0.3, -0.25) is 4.79 Å². The standard InChI is InChI=1S/C10H10N2O2S.BrH/c11-6(10(13)14)5-9-12-7-3-1-2-4-8(7)15-9;/h1-4,6H,5,11H2,(H,13,14);1H. The third-order valence-electron chi connectivity index (χ3n) is 2.05. The van der Waals surface area contributed by atoms with E-state index in [-0.39, 0.29) is 23.4 Å². The molecule has 16 heavy (non-hydrogen) atoms. The van der Waals surface area contributed by atoms with Crippen LogP contribution in [0.15, 0.2) is 24.3 Å². The maximum absolute atomic E-state index is 10.6. The van der Waals surface area contributed by atoms with Crippen molar-refractivity contribution in [2.45, 2.75) is 12.5 Å². The first-order chi connectivity index (χ1) is 7.16. The van der Waals surface area contributed by atoms with E-state index >= 15 is 0 Å². The maximum atomic E-state index is 10.6. The molecular weight excluding hydrogens is 292 g/mol. The summed E-state index contributed by atoms with van der Waals surface area (Å²) >= 11 is 1.49. The Bertz CT molecular complexity index is 467. The highest BCUT2D eigenvalue weighted by molar-refractivity contribution is 8.93. The van der Waals surface area contributed by atoms with Crippen molar-refractivity contribution >= 4 is 44.5 Å². The van der Waals surface area contributed by atoms with Gasteiger partial charge in [-0.25, -0.2) is 4.98 Å². The molecule has 1 atom stereocenters. The molecule has 4 nitrogen and oxygen atoms in total. The van der Waals surface area contributed by atoms with Crippen LogP contribution in [-0.2, 0) is 11.2 Å². The quantitative estimate of drug-likeness (QED) is 0.907. The van der Waals surface area contributed by atoms with E-state index in [4.69, 9.17) is 10.8 Å². The van der Waals surface area contributed by atoms with Gasteiger partial charge in [0, 0.05) is 6.42 Å². The zero-order valence-electron chi connectivity index (χ0n) is 8.29. The number of aromatic nitrogens is 1. The number of nitrogens with two attached hydrogens (primary N) is 1. The average Bonchev–Trinajstić information content (AvgIpc) is 2.59. The SMILES string of the molecule is Br.NC(Cc1nc2ccccc2s1)C(=O)O. The molecular formula is C10H11BrN2O2S. The van der Waals surface area contributed by atoms with Crippen molar-refractivity contribution in [3.05, 3.63) is 29.3 Å². The molecule has 0 saturated carbocycles. The zero-order valence-corrected chi connectivity index (χ0v) is 10.8. The molecule has 86 valence electrons. The van der Waals surface area contributed by atoms with Crippen LogP contribution in [0.1, 0.15) is 5.01 Å². The number of carbonyl (C=O) groups is 1. The lowest BCUT2D eigenvalue weighted by Gasteiger charge is -2.01. The third kappa shape index (κ3) is 2.78. The predicted octanol–water partition coefficient (Wildman–Crippen LogP) is 1.83. The second-order valence-electron chi connectivity index (χ2n) is 3.22. The smallest absolute Gasteiger partial charge is 0.320 e. The molecule has 0 aliphatic rings. The van der Waals surface area contributed by atoms with Gasteiger partial charge in [0.05, 0.1) is 15.2 Å². The highest BCUT2D eigenvalue weighted by atomic mass is 79.9. The number of hydrogen-bond acceptors (Lipinski definition) is 4. The first-order valence-electron chi connectivity index (χ1n) is 4.49. The van der Waals surface area contributed by atoms with Gasteiger partial charge in [-0.2, -0.15) is 0 Å². The summed E-state index contributed by atoms with van der Waals surface area (Å²) in [4.78, 5) is 14.9. The van der Waals surface area contributed by atoms with Crippen LogP contribution < -0.4 is 5.73 Å². The van der Waals surface area contributed by atoms with Crippen molar-refractivity contribution in [1.29, 1.82) is 0 Å². The highest BCUT2D eigenvalue weighted by Gasteiger charge is 2.14. The summed E-state index contributed by atoms with van der Waals surface area (Å²) in [6, 6.07) is 6.83. The predicted molar refractivity (Wildman–Crippen MR) is 69.3 cm³/mol. The molecule has 2 rings (SSSR count). The van der Waals surface area contributed by atoms with Crippen molar-refractivity contribution < 1.29 is 9.90 Å². The summed E-state index contributed by atoms with van der Waals surface area (Å²) in [7, 11) is 0. The van der Waals surface area contributed by atoms with Gasteiger partial charge in [0.1, 0.15) is 6.04 Å². The molecule has 0 fully saturated rings. The van der Waals surface area contributed by atoms with E-state index in [1.54, 1.807) is 0 Å². The molecule has 1 aromatic heterocycles. The minimum Gasteiger partial charge on any atom is -0.480 e. The minimum atomic E-state index is -0.991. The summed E-state index contributed by atoms with van der Waals surface area (Å²) in [6.07, 6.45) is 0.286. The molecule has 3 N–H and O–H groups in total. The lowest BCUT2D eigenvalue weighted by molar-refractivity contribution is -0.138. The largest absolute Gasteiger partial charge is 0.480 e. The lowest BCUT2D eigenvalue weighted by Crippen LogP contribution is -2.32. The summed E-state index contributed by atoms with van der Waals surface area (Å²) in [5.41, 5.74) is 6.34. The van der Waals surface area contributed by atoms with E-state index < -0.39 is 12.0 Å².